The highest BCUT2D eigenvalue weighted by atomic mass is 16.6. The van der Waals surface area contributed by atoms with E-state index in [2.05, 4.69) is 0 Å². The van der Waals surface area contributed by atoms with E-state index < -0.39 is 10.9 Å². The van der Waals surface area contributed by atoms with E-state index in [1.165, 1.54) is 12.1 Å². The quantitative estimate of drug-likeness (QED) is 0.444. The average Bonchev–Trinajstić information content (AvgIpc) is 2.67. The molecule has 1 aliphatic heterocycles. The van der Waals surface area contributed by atoms with E-state index in [1.54, 1.807) is 7.11 Å². The number of hydrogen-bond acceptors (Lipinski definition) is 7. The Morgan fingerprint density at radius 3 is 2.42 bits per heavy atom. The Morgan fingerprint density at radius 1 is 1.15 bits per heavy atom. The first-order valence-corrected chi connectivity index (χ1v) is 7.96. The predicted molar refractivity (Wildman–Crippen MR) is 91.1 cm³/mol. The lowest BCUT2D eigenvalue weighted by molar-refractivity contribution is -0.385. The van der Waals surface area contributed by atoms with Gasteiger partial charge in [-0.3, -0.25) is 10.1 Å². The molecule has 136 valence electrons. The van der Waals surface area contributed by atoms with Gasteiger partial charge < -0.3 is 18.9 Å². The van der Waals surface area contributed by atoms with Gasteiger partial charge in [-0.05, 0) is 17.7 Å². The van der Waals surface area contributed by atoms with Gasteiger partial charge in [0.1, 0.15) is 24.5 Å². The second-order valence-electron chi connectivity index (χ2n) is 5.50. The van der Waals surface area contributed by atoms with Gasteiger partial charge in [0.2, 0.25) is 0 Å². The number of hydrogen-bond donors (Lipinski definition) is 0. The number of fused-ring (bicyclic) bond motifs is 1. The maximum Gasteiger partial charge on any atom is 0.345 e. The Morgan fingerprint density at radius 2 is 1.81 bits per heavy atom. The highest BCUT2D eigenvalue weighted by Crippen LogP contribution is 2.36. The monoisotopic (exact) mass is 359 g/mol. The molecule has 26 heavy (non-hydrogen) atoms. The average molecular weight is 359 g/mol. The van der Waals surface area contributed by atoms with Gasteiger partial charge in [-0.15, -0.1) is 0 Å². The summed E-state index contributed by atoms with van der Waals surface area (Å²) in [6.45, 7) is 0.712. The van der Waals surface area contributed by atoms with Crippen molar-refractivity contribution >= 4 is 11.7 Å². The second-order valence-corrected chi connectivity index (χ2v) is 5.50. The molecule has 0 aromatic heterocycles. The molecule has 0 N–H and O–H groups in total. The van der Waals surface area contributed by atoms with Crippen LogP contribution in [0, 0.1) is 10.1 Å². The van der Waals surface area contributed by atoms with E-state index >= 15 is 0 Å². The molecule has 1 heterocycles. The van der Waals surface area contributed by atoms with Crippen molar-refractivity contribution < 1.29 is 28.7 Å². The predicted octanol–water partition coefficient (Wildman–Crippen LogP) is 2.77. The van der Waals surface area contributed by atoms with Crippen LogP contribution in [0.25, 0.3) is 0 Å². The van der Waals surface area contributed by atoms with Gasteiger partial charge in [0.25, 0.3) is 5.69 Å². The van der Waals surface area contributed by atoms with E-state index in [0.29, 0.717) is 25.4 Å². The molecule has 0 fully saturated rings. The standard InChI is InChI=1S/C18H17NO7/c1-23-13-4-2-12(3-5-13)6-7-26-18(20)14-10-16-17(25-9-8-24-16)11-15(14)19(21)22/h2-5,10-11H,6-9H2,1H3. The van der Waals surface area contributed by atoms with Crippen molar-refractivity contribution in [2.75, 3.05) is 26.9 Å². The minimum Gasteiger partial charge on any atom is -0.497 e. The zero-order valence-corrected chi connectivity index (χ0v) is 14.1. The number of nitro groups is 1. The topological polar surface area (TPSA) is 97.1 Å². The third-order valence-corrected chi connectivity index (χ3v) is 3.86. The van der Waals surface area contributed by atoms with E-state index in [-0.39, 0.29) is 23.6 Å². The molecular weight excluding hydrogens is 342 g/mol. The van der Waals surface area contributed by atoms with Gasteiger partial charge in [-0.25, -0.2) is 4.79 Å². The van der Waals surface area contributed by atoms with E-state index in [4.69, 9.17) is 18.9 Å². The lowest BCUT2D eigenvalue weighted by Crippen LogP contribution is -2.17. The fraction of sp³-hybridized carbons (Fsp3) is 0.278. The molecule has 0 saturated heterocycles. The zero-order chi connectivity index (χ0) is 18.5. The van der Waals surface area contributed by atoms with Crippen LogP contribution >= 0.6 is 0 Å². The Labute approximate surface area is 149 Å². The number of rotatable bonds is 6. The summed E-state index contributed by atoms with van der Waals surface area (Å²) in [5.41, 5.74) is 0.424. The van der Waals surface area contributed by atoms with Crippen LogP contribution in [0.2, 0.25) is 0 Å². The summed E-state index contributed by atoms with van der Waals surface area (Å²) < 4.78 is 21.0. The molecule has 0 atom stereocenters. The van der Waals surface area contributed by atoms with Crippen LogP contribution in [0.1, 0.15) is 15.9 Å². The van der Waals surface area contributed by atoms with Crippen LogP contribution < -0.4 is 14.2 Å². The third kappa shape index (κ3) is 3.85. The van der Waals surface area contributed by atoms with Gasteiger partial charge in [-0.1, -0.05) is 12.1 Å². The van der Waals surface area contributed by atoms with Crippen molar-refractivity contribution in [1.82, 2.24) is 0 Å². The molecule has 0 unspecified atom stereocenters. The number of nitro benzene ring substituents is 1. The molecule has 2 aromatic carbocycles. The van der Waals surface area contributed by atoms with Crippen molar-refractivity contribution in [3.63, 3.8) is 0 Å². The molecule has 0 saturated carbocycles. The maximum absolute atomic E-state index is 12.3. The SMILES string of the molecule is COc1ccc(CCOC(=O)c2cc3c(cc2[N+](=O)[O-])OCCO3)cc1. The number of benzene rings is 2. The largest absolute Gasteiger partial charge is 0.497 e. The van der Waals surface area contributed by atoms with Gasteiger partial charge in [0.15, 0.2) is 11.5 Å². The van der Waals surface area contributed by atoms with Crippen LogP contribution in [-0.4, -0.2) is 37.8 Å². The van der Waals surface area contributed by atoms with Gasteiger partial charge >= 0.3 is 5.97 Å². The smallest absolute Gasteiger partial charge is 0.345 e. The van der Waals surface area contributed by atoms with Crippen LogP contribution in [0.4, 0.5) is 5.69 Å². The molecule has 3 rings (SSSR count). The maximum atomic E-state index is 12.3. The second kappa shape index (κ2) is 7.73. The molecule has 0 aliphatic carbocycles. The zero-order valence-electron chi connectivity index (χ0n) is 14.1. The summed E-state index contributed by atoms with van der Waals surface area (Å²) in [5.74, 6) is 0.501. The number of carbonyl (C=O) groups excluding carboxylic acids is 1. The van der Waals surface area contributed by atoms with Crippen molar-refractivity contribution in [3.05, 3.63) is 57.6 Å². The molecular formula is C18H17NO7. The number of methoxy groups -OCH3 is 1. The highest BCUT2D eigenvalue weighted by Gasteiger charge is 2.27. The molecule has 0 radical (unpaired) electrons. The molecule has 1 aliphatic rings. The lowest BCUT2D eigenvalue weighted by Gasteiger charge is -2.18. The van der Waals surface area contributed by atoms with Crippen molar-refractivity contribution in [1.29, 1.82) is 0 Å². The Balaban J connectivity index is 1.69. The summed E-state index contributed by atoms with van der Waals surface area (Å²) in [7, 11) is 1.58. The van der Waals surface area contributed by atoms with Gasteiger partial charge in [-0.2, -0.15) is 0 Å². The number of carbonyl (C=O) groups is 1. The Hall–Kier alpha value is -3.29. The Bertz CT molecular complexity index is 817. The molecule has 0 amide bonds. The summed E-state index contributed by atoms with van der Waals surface area (Å²) >= 11 is 0. The first-order valence-electron chi connectivity index (χ1n) is 7.96. The van der Waals surface area contributed by atoms with Crippen LogP contribution in [-0.2, 0) is 11.2 Å². The third-order valence-electron chi connectivity index (χ3n) is 3.86. The first kappa shape index (κ1) is 17.5. The molecule has 2 aromatic rings. The number of esters is 1. The van der Waals surface area contributed by atoms with Crippen LogP contribution in [0.5, 0.6) is 17.2 Å². The number of ether oxygens (including phenoxy) is 4. The minimum atomic E-state index is -0.776. The molecule has 0 spiro atoms. The highest BCUT2D eigenvalue weighted by molar-refractivity contribution is 5.95. The van der Waals surface area contributed by atoms with E-state index in [0.717, 1.165) is 11.3 Å². The van der Waals surface area contributed by atoms with E-state index in [1.807, 2.05) is 24.3 Å². The van der Waals surface area contributed by atoms with Crippen molar-refractivity contribution in [2.24, 2.45) is 0 Å². The van der Waals surface area contributed by atoms with Crippen LogP contribution in [0.15, 0.2) is 36.4 Å². The molecule has 0 bridgehead atoms. The molecule has 8 heteroatoms. The van der Waals surface area contributed by atoms with E-state index in [9.17, 15) is 14.9 Å². The molecule has 8 nitrogen and oxygen atoms in total. The summed E-state index contributed by atoms with van der Waals surface area (Å²) in [5, 5.41) is 11.3. The number of nitrogens with zero attached hydrogens (tertiary/aromatic N) is 1. The summed E-state index contributed by atoms with van der Waals surface area (Å²) in [4.78, 5) is 22.9. The van der Waals surface area contributed by atoms with Gasteiger partial charge in [0.05, 0.1) is 24.7 Å². The lowest BCUT2D eigenvalue weighted by atomic mass is 10.1. The normalized spacial score (nSPS) is 12.3. The fourth-order valence-corrected chi connectivity index (χ4v) is 2.52. The summed E-state index contributed by atoms with van der Waals surface area (Å²) in [6.07, 6.45) is 0.480. The van der Waals surface area contributed by atoms with Crippen molar-refractivity contribution in [3.8, 4) is 17.2 Å². The summed E-state index contributed by atoms with van der Waals surface area (Å²) in [6, 6.07) is 9.82. The van der Waals surface area contributed by atoms with Crippen LogP contribution in [0.3, 0.4) is 0 Å². The van der Waals surface area contributed by atoms with Gasteiger partial charge in [0, 0.05) is 12.5 Å². The first-order chi connectivity index (χ1) is 12.6. The fourth-order valence-electron chi connectivity index (χ4n) is 2.52. The minimum absolute atomic E-state index is 0.0940. The Kier molecular flexibility index (Phi) is 5.21. The van der Waals surface area contributed by atoms with Crippen molar-refractivity contribution in [2.45, 2.75) is 6.42 Å².